The van der Waals surface area contributed by atoms with Crippen LogP contribution in [-0.4, -0.2) is 12.5 Å². The van der Waals surface area contributed by atoms with Crippen LogP contribution in [0.5, 0.6) is 0 Å². The third-order valence-corrected chi connectivity index (χ3v) is 4.92. The fourth-order valence-electron chi connectivity index (χ4n) is 1.93. The quantitative estimate of drug-likeness (QED) is 0.392. The van der Waals surface area contributed by atoms with Gasteiger partial charge in [0.1, 0.15) is 0 Å². The molecule has 0 amide bonds. The number of rotatable bonds is 2. The fourth-order valence-corrected chi connectivity index (χ4v) is 2.94. The summed E-state index contributed by atoms with van der Waals surface area (Å²) in [6, 6.07) is 15.1. The van der Waals surface area contributed by atoms with Crippen LogP contribution in [0.25, 0.3) is 11.5 Å². The number of hydrogen-bond acceptors (Lipinski definition) is 2. The zero-order valence-corrected chi connectivity index (χ0v) is 20.8. The maximum atomic E-state index is 7.35. The average molecular weight is 498 g/mol. The van der Waals surface area contributed by atoms with E-state index in [0.29, 0.717) is 11.4 Å². The van der Waals surface area contributed by atoms with Crippen LogP contribution in [0.4, 0.5) is 11.4 Å². The van der Waals surface area contributed by atoms with Crippen LogP contribution in [0.15, 0.2) is 58.3 Å². The van der Waals surface area contributed by atoms with Gasteiger partial charge in [-0.25, -0.2) is 0 Å². The Bertz CT molecular complexity index is 559. The monoisotopic (exact) mass is 496 g/mol. The summed E-state index contributed by atoms with van der Waals surface area (Å²) in [5.74, 6) is 0. The van der Waals surface area contributed by atoms with Crippen LogP contribution < -0.4 is 0 Å². The van der Waals surface area contributed by atoms with Gasteiger partial charge in [0.15, 0.2) is 0 Å². The van der Waals surface area contributed by atoms with E-state index in [1.54, 1.807) is 35.7 Å². The van der Waals surface area contributed by atoms with E-state index in [9.17, 15) is 0 Å². The van der Waals surface area contributed by atoms with E-state index >= 15 is 0 Å². The Morgan fingerprint density at radius 3 is 0.897 bits per heavy atom. The Labute approximate surface area is 206 Å². The predicted octanol–water partition coefficient (Wildman–Crippen LogP) is 8.22. The molecule has 2 saturated carbocycles. The molecular weight excluding hydrogens is 472 g/mol. The van der Waals surface area contributed by atoms with Crippen molar-refractivity contribution in [2.45, 2.75) is 9.79 Å². The maximum absolute atomic E-state index is 7.35. The van der Waals surface area contributed by atoms with Crippen LogP contribution in [-0.2, 0) is 26.2 Å². The van der Waals surface area contributed by atoms with Gasteiger partial charge >= 0.3 is 26.2 Å². The molecule has 2 aromatic rings. The van der Waals surface area contributed by atoms with Crippen molar-refractivity contribution in [1.82, 2.24) is 0 Å². The van der Waals surface area contributed by atoms with Gasteiger partial charge in [-0.1, -0.05) is 36.4 Å². The summed E-state index contributed by atoms with van der Waals surface area (Å²) in [4.78, 5) is 2.08. The summed E-state index contributed by atoms with van der Waals surface area (Å²) in [5, 5.41) is 0. The molecule has 4 rings (SSSR count). The second kappa shape index (κ2) is 19.6. The third-order valence-electron chi connectivity index (χ3n) is 3.33. The molecule has 2 aliphatic rings. The van der Waals surface area contributed by atoms with E-state index < -0.39 is 0 Å². The van der Waals surface area contributed by atoms with E-state index in [4.69, 9.17) is 11.5 Å². The first kappa shape index (κ1) is 28.6. The summed E-state index contributed by atoms with van der Waals surface area (Å²) >= 11 is 3.22. The molecule has 5 heteroatoms. The number of benzene rings is 2. The van der Waals surface area contributed by atoms with Gasteiger partial charge in [-0.05, 0) is 98.6 Å². The second-order valence-corrected chi connectivity index (χ2v) is 7.02. The van der Waals surface area contributed by atoms with Crippen molar-refractivity contribution in [2.24, 2.45) is 0 Å². The van der Waals surface area contributed by atoms with Gasteiger partial charge in [0, 0.05) is 0 Å². The SMILES string of the molecule is CSc1ccccc1[NH-].CSc1ccccc1[NH-].[CH]1[CH][CH][CH][CH]1.[CH]1[CH][CH][CH][CH]1.[Zr+4]. The molecule has 0 saturated heterocycles. The standard InChI is InChI=1S/2C7H8NS.2C5H5.Zr/c2*1-9-7-5-3-2-4-6(7)8;2*1-2-4-5-3-1;/h2*2-5,8H,1H3;2*1-5H;/q2*-1;;;+4. The molecule has 2 N–H and O–H groups in total. The molecule has 2 nitrogen and oxygen atoms in total. The molecule has 0 atom stereocenters. The summed E-state index contributed by atoms with van der Waals surface area (Å²) in [7, 11) is 0. The summed E-state index contributed by atoms with van der Waals surface area (Å²) in [6.07, 6.45) is 24.0. The minimum absolute atomic E-state index is 0. The van der Waals surface area contributed by atoms with Gasteiger partial charge < -0.3 is 11.5 Å². The molecule has 2 fully saturated rings. The van der Waals surface area contributed by atoms with Gasteiger partial charge in [-0.3, -0.25) is 0 Å². The van der Waals surface area contributed by atoms with Gasteiger partial charge in [0.2, 0.25) is 0 Å². The van der Waals surface area contributed by atoms with Crippen molar-refractivity contribution >= 4 is 34.9 Å². The summed E-state index contributed by atoms with van der Waals surface area (Å²) in [6.45, 7) is 0. The second-order valence-electron chi connectivity index (χ2n) is 5.33. The van der Waals surface area contributed by atoms with Crippen molar-refractivity contribution in [2.75, 3.05) is 12.5 Å². The maximum Gasteiger partial charge on any atom is 4.00 e. The zero-order valence-electron chi connectivity index (χ0n) is 16.7. The van der Waals surface area contributed by atoms with Crippen LogP contribution in [0.1, 0.15) is 0 Å². The molecule has 0 aromatic heterocycles. The van der Waals surface area contributed by atoms with Gasteiger partial charge in [-0.15, -0.1) is 34.9 Å². The normalized spacial score (nSPS) is 14.1. The topological polar surface area (TPSA) is 47.6 Å². The van der Waals surface area contributed by atoms with Crippen molar-refractivity contribution in [3.05, 3.63) is 124 Å². The molecule has 2 aromatic carbocycles. The van der Waals surface area contributed by atoms with Gasteiger partial charge in [-0.2, -0.15) is 0 Å². The average Bonchev–Trinajstić information content (AvgIpc) is 3.48. The van der Waals surface area contributed by atoms with Crippen LogP contribution in [0.2, 0.25) is 0 Å². The van der Waals surface area contributed by atoms with E-state index in [-0.39, 0.29) is 26.2 Å². The van der Waals surface area contributed by atoms with Gasteiger partial charge in [0.25, 0.3) is 0 Å². The van der Waals surface area contributed by atoms with Crippen molar-refractivity contribution in [1.29, 1.82) is 0 Å². The largest absolute Gasteiger partial charge is 4.00 e. The first-order valence-corrected chi connectivity index (χ1v) is 11.2. The molecule has 0 bridgehead atoms. The van der Waals surface area contributed by atoms with Crippen LogP contribution in [0.3, 0.4) is 0 Å². The first-order valence-electron chi connectivity index (χ1n) is 8.71. The smallest absolute Gasteiger partial charge is 0.698 e. The van der Waals surface area contributed by atoms with E-state index in [2.05, 4.69) is 0 Å². The zero-order chi connectivity index (χ0) is 20.5. The minimum atomic E-state index is 0. The first-order chi connectivity index (χ1) is 13.7. The Morgan fingerprint density at radius 2 is 0.724 bits per heavy atom. The van der Waals surface area contributed by atoms with E-state index in [1.165, 1.54) is 0 Å². The van der Waals surface area contributed by atoms with Gasteiger partial charge in [0.05, 0.1) is 0 Å². The molecule has 0 heterocycles. The van der Waals surface area contributed by atoms with E-state index in [0.717, 1.165) is 9.79 Å². The van der Waals surface area contributed by atoms with Crippen molar-refractivity contribution in [3.8, 4) is 0 Å². The molecule has 29 heavy (non-hydrogen) atoms. The van der Waals surface area contributed by atoms with Crippen LogP contribution in [0, 0.1) is 64.2 Å². The Kier molecular flexibility index (Phi) is 19.3. The molecule has 146 valence electrons. The molecule has 10 radical (unpaired) electrons. The Morgan fingerprint density at radius 1 is 0.483 bits per heavy atom. The van der Waals surface area contributed by atoms with Crippen molar-refractivity contribution < 1.29 is 26.2 Å². The molecular formula is C24H26N2S2Zr+2. The van der Waals surface area contributed by atoms with E-state index in [1.807, 2.05) is 113 Å². The molecule has 2 aliphatic carbocycles. The van der Waals surface area contributed by atoms with Crippen LogP contribution >= 0.6 is 23.5 Å². The van der Waals surface area contributed by atoms with Crippen molar-refractivity contribution in [3.63, 3.8) is 0 Å². The Hall–Kier alpha value is -0.377. The molecule has 0 aliphatic heterocycles. The predicted molar refractivity (Wildman–Crippen MR) is 127 cm³/mol. The number of hydrogen-bond donors (Lipinski definition) is 0. The number of nitrogens with one attached hydrogen (secondary N) is 2. The summed E-state index contributed by atoms with van der Waals surface area (Å²) < 4.78 is 0. The fraction of sp³-hybridized carbons (Fsp3) is 0.0833. The minimum Gasteiger partial charge on any atom is -0.698 e. The Balaban J connectivity index is 0.000000369. The third kappa shape index (κ3) is 14.3. The molecule has 0 spiro atoms. The summed E-state index contributed by atoms with van der Waals surface area (Å²) in [5.41, 5.74) is 15.9. The molecule has 0 unspecified atom stereocenters. The number of thioether (sulfide) groups is 2.